The smallest absolute Gasteiger partial charge is 0.246 e. The second-order valence-corrected chi connectivity index (χ2v) is 8.52. The van der Waals surface area contributed by atoms with Gasteiger partial charge in [0.2, 0.25) is 11.7 Å². The summed E-state index contributed by atoms with van der Waals surface area (Å²) in [5.74, 6) is 3.88. The van der Waals surface area contributed by atoms with E-state index >= 15 is 0 Å². The van der Waals surface area contributed by atoms with Crippen LogP contribution in [-0.4, -0.2) is 77.8 Å². The number of rotatable bonds is 7. The second kappa shape index (κ2) is 10.7. The fourth-order valence-corrected chi connectivity index (χ4v) is 4.18. The molecule has 1 aromatic carbocycles. The molecule has 0 unspecified atom stereocenters. The zero-order valence-electron chi connectivity index (χ0n) is 21.6. The van der Waals surface area contributed by atoms with Crippen LogP contribution in [0.3, 0.4) is 0 Å². The molecule has 1 aliphatic rings. The molecule has 0 saturated carbocycles. The number of hydrogen-bond donors (Lipinski definition) is 0. The van der Waals surface area contributed by atoms with Gasteiger partial charge in [0, 0.05) is 44.0 Å². The van der Waals surface area contributed by atoms with Gasteiger partial charge in [-0.05, 0) is 44.5 Å². The van der Waals surface area contributed by atoms with E-state index < -0.39 is 0 Å². The molecule has 190 valence electrons. The highest BCUT2D eigenvalue weighted by Crippen LogP contribution is 2.38. The van der Waals surface area contributed by atoms with Gasteiger partial charge in [-0.1, -0.05) is 0 Å². The van der Waals surface area contributed by atoms with E-state index in [0.29, 0.717) is 49.3 Å². The fourth-order valence-electron chi connectivity index (χ4n) is 4.18. The third-order valence-electron chi connectivity index (χ3n) is 6.33. The first kappa shape index (κ1) is 25.0. The number of aryl methyl sites for hydroxylation is 2. The quantitative estimate of drug-likeness (QED) is 0.465. The number of carbonyl (C=O) groups is 1. The summed E-state index contributed by atoms with van der Waals surface area (Å²) in [5, 5.41) is 0. The van der Waals surface area contributed by atoms with Crippen molar-refractivity contribution in [2.45, 2.75) is 20.8 Å². The van der Waals surface area contributed by atoms with Crippen LogP contribution < -0.4 is 19.1 Å². The maximum absolute atomic E-state index is 12.9. The Hall–Kier alpha value is -4.08. The molecular formula is C26H32N6O4. The molecule has 4 rings (SSSR count). The molecule has 1 saturated heterocycles. The number of imidazole rings is 1. The average molecular weight is 493 g/mol. The summed E-state index contributed by atoms with van der Waals surface area (Å²) < 4.78 is 18.1. The van der Waals surface area contributed by atoms with Crippen LogP contribution in [0.1, 0.15) is 22.8 Å². The number of methoxy groups -OCH3 is 3. The van der Waals surface area contributed by atoms with Gasteiger partial charge < -0.3 is 24.0 Å². The largest absolute Gasteiger partial charge is 0.493 e. The zero-order chi connectivity index (χ0) is 25.8. The Morgan fingerprint density at radius 1 is 0.889 bits per heavy atom. The molecule has 0 N–H and O–H groups in total. The number of carbonyl (C=O) groups excluding carboxylic acids is 1. The molecule has 3 aromatic rings. The van der Waals surface area contributed by atoms with Crippen molar-refractivity contribution in [1.82, 2.24) is 24.4 Å². The second-order valence-electron chi connectivity index (χ2n) is 8.52. The molecule has 3 heterocycles. The highest BCUT2D eigenvalue weighted by atomic mass is 16.5. The summed E-state index contributed by atoms with van der Waals surface area (Å²) in [6.07, 6.45) is 5.12. The maximum Gasteiger partial charge on any atom is 0.246 e. The number of ether oxygens (including phenoxy) is 3. The highest BCUT2D eigenvalue weighted by Gasteiger charge is 2.22. The lowest BCUT2D eigenvalue weighted by molar-refractivity contribution is -0.126. The number of benzene rings is 1. The number of piperazine rings is 1. The maximum atomic E-state index is 12.9. The molecule has 0 aliphatic carbocycles. The molecular weight excluding hydrogens is 460 g/mol. The molecule has 10 nitrogen and oxygen atoms in total. The van der Waals surface area contributed by atoms with Crippen molar-refractivity contribution >= 4 is 17.8 Å². The van der Waals surface area contributed by atoms with Crippen LogP contribution in [0, 0.1) is 20.8 Å². The van der Waals surface area contributed by atoms with Gasteiger partial charge in [0.25, 0.3) is 0 Å². The van der Waals surface area contributed by atoms with Crippen LogP contribution in [-0.2, 0) is 4.79 Å². The van der Waals surface area contributed by atoms with E-state index in [1.807, 2.05) is 48.4 Å². The van der Waals surface area contributed by atoms with Crippen molar-refractivity contribution in [3.8, 4) is 23.1 Å². The number of amides is 1. The van der Waals surface area contributed by atoms with Gasteiger partial charge >= 0.3 is 0 Å². The fraction of sp³-hybridized carbons (Fsp3) is 0.385. The van der Waals surface area contributed by atoms with Gasteiger partial charge in [0.1, 0.15) is 23.8 Å². The lowest BCUT2D eigenvalue weighted by Crippen LogP contribution is -2.48. The third kappa shape index (κ3) is 5.12. The number of anilines is 1. The van der Waals surface area contributed by atoms with Crippen LogP contribution in [0.15, 0.2) is 30.6 Å². The Bertz CT molecular complexity index is 1250. The molecule has 1 fully saturated rings. The van der Waals surface area contributed by atoms with Crippen LogP contribution in [0.5, 0.6) is 17.2 Å². The van der Waals surface area contributed by atoms with Crippen molar-refractivity contribution in [1.29, 1.82) is 0 Å². The topological polar surface area (TPSA) is 94.8 Å². The SMILES string of the molecule is COc1cc(/C=C/C(=O)N2CCN(c3cc(-n4cnc(C)c4C)nc(C)n3)CC2)cc(OC)c1OC. The van der Waals surface area contributed by atoms with Crippen LogP contribution in [0.25, 0.3) is 11.9 Å². The minimum atomic E-state index is -0.0486. The summed E-state index contributed by atoms with van der Waals surface area (Å²) in [5.41, 5.74) is 2.80. The standard InChI is InChI=1S/C26H32N6O4/c1-17-18(2)32(16-27-17)24-15-23(28-19(3)29-24)30-9-11-31(12-10-30)25(33)8-7-20-13-21(34-4)26(36-6)22(14-20)35-5/h7-8,13-16H,9-12H2,1-6H3/b8-7+. The summed E-state index contributed by atoms with van der Waals surface area (Å²) in [6.45, 7) is 8.45. The van der Waals surface area contributed by atoms with Crippen molar-refractivity contribution in [3.63, 3.8) is 0 Å². The Morgan fingerprint density at radius 3 is 2.08 bits per heavy atom. The monoisotopic (exact) mass is 492 g/mol. The number of aromatic nitrogens is 4. The van der Waals surface area contributed by atoms with E-state index in [1.54, 1.807) is 39.8 Å². The Kier molecular flexibility index (Phi) is 7.42. The Labute approximate surface area is 211 Å². The van der Waals surface area contributed by atoms with E-state index in [9.17, 15) is 4.79 Å². The molecule has 1 aliphatic heterocycles. The number of nitrogens with zero attached hydrogens (tertiary/aromatic N) is 6. The molecule has 36 heavy (non-hydrogen) atoms. The van der Waals surface area contributed by atoms with Gasteiger partial charge in [-0.2, -0.15) is 0 Å². The summed E-state index contributed by atoms with van der Waals surface area (Å²) >= 11 is 0. The van der Waals surface area contributed by atoms with E-state index in [0.717, 1.165) is 28.6 Å². The molecule has 10 heteroatoms. The first-order valence-electron chi connectivity index (χ1n) is 11.7. The molecule has 0 radical (unpaired) electrons. The van der Waals surface area contributed by atoms with Crippen molar-refractivity contribution in [2.24, 2.45) is 0 Å². The molecule has 2 aromatic heterocycles. The van der Waals surface area contributed by atoms with Gasteiger partial charge in [-0.3, -0.25) is 9.36 Å². The summed E-state index contributed by atoms with van der Waals surface area (Å²) in [7, 11) is 4.69. The van der Waals surface area contributed by atoms with Crippen molar-refractivity contribution in [2.75, 3.05) is 52.4 Å². The average Bonchev–Trinajstić information content (AvgIpc) is 3.24. The molecule has 1 amide bonds. The predicted molar refractivity (Wildman–Crippen MR) is 137 cm³/mol. The lowest BCUT2D eigenvalue weighted by atomic mass is 10.1. The minimum Gasteiger partial charge on any atom is -0.493 e. The van der Waals surface area contributed by atoms with Crippen LogP contribution in [0.2, 0.25) is 0 Å². The van der Waals surface area contributed by atoms with Gasteiger partial charge in [0.05, 0.1) is 27.0 Å². The van der Waals surface area contributed by atoms with Crippen LogP contribution in [0.4, 0.5) is 5.82 Å². The molecule has 0 bridgehead atoms. The van der Waals surface area contributed by atoms with Crippen molar-refractivity contribution in [3.05, 3.63) is 53.4 Å². The Balaban J connectivity index is 1.43. The number of hydrogen-bond acceptors (Lipinski definition) is 8. The lowest BCUT2D eigenvalue weighted by Gasteiger charge is -2.35. The molecule has 0 spiro atoms. The van der Waals surface area contributed by atoms with E-state index in [4.69, 9.17) is 14.2 Å². The first-order valence-corrected chi connectivity index (χ1v) is 11.7. The van der Waals surface area contributed by atoms with E-state index in [1.165, 1.54) is 0 Å². The van der Waals surface area contributed by atoms with E-state index in [-0.39, 0.29) is 5.91 Å². The minimum absolute atomic E-state index is 0.0486. The third-order valence-corrected chi connectivity index (χ3v) is 6.33. The Morgan fingerprint density at radius 2 is 1.53 bits per heavy atom. The van der Waals surface area contributed by atoms with Gasteiger partial charge in [0.15, 0.2) is 11.5 Å². The summed E-state index contributed by atoms with van der Waals surface area (Å²) in [4.78, 5) is 30.5. The van der Waals surface area contributed by atoms with Gasteiger partial charge in [-0.15, -0.1) is 0 Å². The van der Waals surface area contributed by atoms with Crippen molar-refractivity contribution < 1.29 is 19.0 Å². The first-order chi connectivity index (χ1) is 17.3. The predicted octanol–water partition coefficient (Wildman–Crippen LogP) is 2.98. The van der Waals surface area contributed by atoms with Gasteiger partial charge in [-0.25, -0.2) is 15.0 Å². The molecule has 0 atom stereocenters. The summed E-state index contributed by atoms with van der Waals surface area (Å²) in [6, 6.07) is 5.59. The highest BCUT2D eigenvalue weighted by molar-refractivity contribution is 5.92. The van der Waals surface area contributed by atoms with Crippen LogP contribution >= 0.6 is 0 Å². The van der Waals surface area contributed by atoms with E-state index in [2.05, 4.69) is 19.9 Å². The zero-order valence-corrected chi connectivity index (χ0v) is 21.6. The normalized spacial score (nSPS) is 13.8.